The number of aliphatic hydroxyl groups excluding tert-OH is 1. The number of benzene rings is 1. The molecule has 2 rings (SSSR count). The van der Waals surface area contributed by atoms with E-state index in [9.17, 15) is 14.3 Å². The lowest BCUT2D eigenvalue weighted by molar-refractivity contribution is 0.101. The van der Waals surface area contributed by atoms with Crippen molar-refractivity contribution < 1.29 is 14.3 Å². The van der Waals surface area contributed by atoms with Gasteiger partial charge in [0, 0.05) is 16.7 Å². The van der Waals surface area contributed by atoms with Crippen molar-refractivity contribution in [2.24, 2.45) is 0 Å². The zero-order chi connectivity index (χ0) is 14.0. The first-order valence-corrected chi connectivity index (χ1v) is 5.78. The molecule has 0 amide bonds. The van der Waals surface area contributed by atoms with Crippen LogP contribution in [-0.4, -0.2) is 21.1 Å². The van der Waals surface area contributed by atoms with Gasteiger partial charge in [-0.05, 0) is 26.0 Å². The number of aryl methyl sites for hydroxylation is 1. The smallest absolute Gasteiger partial charge is 0.159 e. The first-order chi connectivity index (χ1) is 9.02. The van der Waals surface area contributed by atoms with Crippen molar-refractivity contribution in [3.8, 4) is 11.1 Å². The van der Waals surface area contributed by atoms with Gasteiger partial charge in [-0.2, -0.15) is 10.2 Å². The molecule has 19 heavy (non-hydrogen) atoms. The predicted molar refractivity (Wildman–Crippen MR) is 68.1 cm³/mol. The Morgan fingerprint density at radius 1 is 1.26 bits per heavy atom. The zero-order valence-corrected chi connectivity index (χ0v) is 10.6. The Kier molecular flexibility index (Phi) is 3.66. The number of ketones is 1. The number of carbonyl (C=O) groups is 1. The van der Waals surface area contributed by atoms with Gasteiger partial charge in [-0.25, -0.2) is 4.39 Å². The fourth-order valence-corrected chi connectivity index (χ4v) is 1.82. The van der Waals surface area contributed by atoms with Gasteiger partial charge in [0.15, 0.2) is 5.78 Å². The number of nitrogens with zero attached hydrogens (tertiary/aromatic N) is 2. The molecule has 0 spiro atoms. The summed E-state index contributed by atoms with van der Waals surface area (Å²) in [4.78, 5) is 11.2. The highest BCUT2D eigenvalue weighted by Gasteiger charge is 2.13. The van der Waals surface area contributed by atoms with Gasteiger partial charge < -0.3 is 5.11 Å². The molecule has 0 unspecified atom stereocenters. The largest absolute Gasteiger partial charge is 0.390 e. The van der Waals surface area contributed by atoms with Crippen LogP contribution in [-0.2, 0) is 6.61 Å². The summed E-state index contributed by atoms with van der Waals surface area (Å²) in [5, 5.41) is 16.9. The second-order valence-corrected chi connectivity index (χ2v) is 4.26. The van der Waals surface area contributed by atoms with Gasteiger partial charge in [0.25, 0.3) is 0 Å². The van der Waals surface area contributed by atoms with Crippen LogP contribution in [0.4, 0.5) is 4.39 Å². The van der Waals surface area contributed by atoms with E-state index in [2.05, 4.69) is 10.2 Å². The Labute approximate surface area is 109 Å². The molecule has 2 aromatic rings. The van der Waals surface area contributed by atoms with Gasteiger partial charge in [-0.15, -0.1) is 0 Å². The third-order valence-corrected chi connectivity index (χ3v) is 2.81. The Bertz CT molecular complexity index is 641. The number of aromatic nitrogens is 2. The van der Waals surface area contributed by atoms with Gasteiger partial charge in [0.2, 0.25) is 0 Å². The summed E-state index contributed by atoms with van der Waals surface area (Å²) in [6.07, 6.45) is 0. The van der Waals surface area contributed by atoms with Crippen molar-refractivity contribution in [1.82, 2.24) is 10.2 Å². The molecule has 0 aliphatic rings. The van der Waals surface area contributed by atoms with E-state index in [1.807, 2.05) is 0 Å². The van der Waals surface area contributed by atoms with E-state index in [1.165, 1.54) is 19.1 Å². The Hall–Kier alpha value is -2.14. The average molecular weight is 260 g/mol. The number of hydrogen-bond acceptors (Lipinski definition) is 4. The monoisotopic (exact) mass is 260 g/mol. The fraction of sp³-hybridized carbons (Fsp3) is 0.214. The van der Waals surface area contributed by atoms with Crippen LogP contribution in [0, 0.1) is 12.7 Å². The highest BCUT2D eigenvalue weighted by Crippen LogP contribution is 2.26. The van der Waals surface area contributed by atoms with Crippen molar-refractivity contribution in [3.05, 3.63) is 47.0 Å². The van der Waals surface area contributed by atoms with Crippen LogP contribution in [0.25, 0.3) is 11.1 Å². The summed E-state index contributed by atoms with van der Waals surface area (Å²) in [5.41, 5.74) is 2.03. The maximum atomic E-state index is 14.1. The lowest BCUT2D eigenvalue weighted by atomic mass is 10.0. The Morgan fingerprint density at radius 2 is 2.00 bits per heavy atom. The van der Waals surface area contributed by atoms with Crippen molar-refractivity contribution in [3.63, 3.8) is 0 Å². The molecule has 1 N–H and O–H groups in total. The van der Waals surface area contributed by atoms with Gasteiger partial charge in [-0.3, -0.25) is 4.79 Å². The molecule has 5 heteroatoms. The van der Waals surface area contributed by atoms with Gasteiger partial charge in [0.05, 0.1) is 18.0 Å². The highest BCUT2D eigenvalue weighted by molar-refractivity contribution is 5.94. The van der Waals surface area contributed by atoms with E-state index in [0.717, 1.165) is 0 Å². The molecule has 0 fully saturated rings. The highest BCUT2D eigenvalue weighted by atomic mass is 19.1. The lowest BCUT2D eigenvalue weighted by Gasteiger charge is -2.09. The van der Waals surface area contributed by atoms with Crippen molar-refractivity contribution >= 4 is 5.78 Å². The summed E-state index contributed by atoms with van der Waals surface area (Å²) in [5.74, 6) is -0.716. The van der Waals surface area contributed by atoms with E-state index in [0.29, 0.717) is 28.1 Å². The molecule has 0 bridgehead atoms. The van der Waals surface area contributed by atoms with Crippen LogP contribution in [0.1, 0.15) is 28.7 Å². The number of rotatable bonds is 3. The van der Waals surface area contributed by atoms with E-state index < -0.39 is 5.82 Å². The molecule has 0 aliphatic carbocycles. The maximum Gasteiger partial charge on any atom is 0.159 e. The molecule has 0 saturated heterocycles. The van der Waals surface area contributed by atoms with Gasteiger partial charge in [-0.1, -0.05) is 12.1 Å². The molecule has 1 heterocycles. The standard InChI is InChI=1S/C14H13FN2O2/c1-8-5-12(14(7-18)17-16-8)11-4-3-10(9(2)19)6-13(11)15/h3-6,18H,7H2,1-2H3. The molecule has 1 aromatic heterocycles. The SMILES string of the molecule is CC(=O)c1ccc(-c2cc(C)nnc2CO)c(F)c1. The van der Waals surface area contributed by atoms with Gasteiger partial charge >= 0.3 is 0 Å². The molecule has 98 valence electrons. The first kappa shape index (κ1) is 13.3. The summed E-state index contributed by atoms with van der Waals surface area (Å²) in [7, 11) is 0. The second-order valence-electron chi connectivity index (χ2n) is 4.26. The molecule has 0 atom stereocenters. The Balaban J connectivity index is 2.59. The third-order valence-electron chi connectivity index (χ3n) is 2.81. The van der Waals surface area contributed by atoms with Crippen LogP contribution in [0.3, 0.4) is 0 Å². The molecule has 0 aliphatic heterocycles. The summed E-state index contributed by atoms with van der Waals surface area (Å²) < 4.78 is 14.1. The van der Waals surface area contributed by atoms with Gasteiger partial charge in [0.1, 0.15) is 5.82 Å². The minimum Gasteiger partial charge on any atom is -0.390 e. The van der Waals surface area contributed by atoms with Crippen molar-refractivity contribution in [2.75, 3.05) is 0 Å². The zero-order valence-electron chi connectivity index (χ0n) is 10.6. The summed E-state index contributed by atoms with van der Waals surface area (Å²) in [6, 6.07) is 5.92. The topological polar surface area (TPSA) is 63.1 Å². The lowest BCUT2D eigenvalue weighted by Crippen LogP contribution is -2.01. The fourth-order valence-electron chi connectivity index (χ4n) is 1.82. The molecular formula is C14H13FN2O2. The quantitative estimate of drug-likeness (QED) is 0.860. The van der Waals surface area contributed by atoms with Crippen LogP contribution in [0.5, 0.6) is 0 Å². The molecular weight excluding hydrogens is 247 g/mol. The minimum atomic E-state index is -0.519. The molecule has 0 radical (unpaired) electrons. The van der Waals surface area contributed by atoms with Crippen molar-refractivity contribution in [2.45, 2.75) is 20.5 Å². The molecule has 0 saturated carbocycles. The number of aliphatic hydroxyl groups is 1. The summed E-state index contributed by atoms with van der Waals surface area (Å²) in [6.45, 7) is 2.79. The first-order valence-electron chi connectivity index (χ1n) is 5.78. The predicted octanol–water partition coefficient (Wildman–Crippen LogP) is 2.29. The van der Waals surface area contributed by atoms with Crippen LogP contribution >= 0.6 is 0 Å². The van der Waals surface area contributed by atoms with E-state index in [-0.39, 0.29) is 12.4 Å². The Morgan fingerprint density at radius 3 is 2.58 bits per heavy atom. The van der Waals surface area contributed by atoms with E-state index >= 15 is 0 Å². The number of carbonyl (C=O) groups excluding carboxylic acids is 1. The average Bonchev–Trinajstić information content (AvgIpc) is 2.38. The number of hydrogen-bond donors (Lipinski definition) is 1. The molecule has 4 nitrogen and oxygen atoms in total. The van der Waals surface area contributed by atoms with Crippen LogP contribution < -0.4 is 0 Å². The van der Waals surface area contributed by atoms with Crippen molar-refractivity contribution in [1.29, 1.82) is 0 Å². The summed E-state index contributed by atoms with van der Waals surface area (Å²) >= 11 is 0. The number of halogens is 1. The number of Topliss-reactive ketones (excluding diaryl/α,β-unsaturated/α-hetero) is 1. The minimum absolute atomic E-state index is 0.197. The van der Waals surface area contributed by atoms with Crippen LogP contribution in [0.15, 0.2) is 24.3 Å². The maximum absolute atomic E-state index is 14.1. The second kappa shape index (κ2) is 5.24. The van der Waals surface area contributed by atoms with E-state index in [1.54, 1.807) is 19.1 Å². The normalized spacial score (nSPS) is 10.5. The van der Waals surface area contributed by atoms with Crippen LogP contribution in [0.2, 0.25) is 0 Å². The third kappa shape index (κ3) is 2.66. The van der Waals surface area contributed by atoms with E-state index in [4.69, 9.17) is 0 Å². The molecule has 1 aromatic carbocycles.